The fourth-order valence-electron chi connectivity index (χ4n) is 2.64. The van der Waals surface area contributed by atoms with E-state index in [2.05, 4.69) is 15.9 Å². The van der Waals surface area contributed by atoms with Gasteiger partial charge in [0, 0.05) is 12.8 Å². The smallest absolute Gasteiger partial charge is 0.137 e. The third-order valence-corrected chi connectivity index (χ3v) is 4.25. The maximum atomic E-state index is 13.5. The van der Waals surface area contributed by atoms with Crippen LogP contribution in [0.2, 0.25) is 0 Å². The van der Waals surface area contributed by atoms with Gasteiger partial charge >= 0.3 is 0 Å². The molecule has 4 heteroatoms. The van der Waals surface area contributed by atoms with Crippen LogP contribution in [0.5, 0.6) is 0 Å². The van der Waals surface area contributed by atoms with Crippen LogP contribution >= 0.6 is 15.9 Å². The predicted octanol–water partition coefficient (Wildman–Crippen LogP) is 3.45. The molecule has 1 atom stereocenters. The Labute approximate surface area is 115 Å². The Balaban J connectivity index is 2.20. The van der Waals surface area contributed by atoms with Crippen LogP contribution in [0.1, 0.15) is 32.3 Å². The van der Waals surface area contributed by atoms with E-state index in [-0.39, 0.29) is 11.4 Å². The summed E-state index contributed by atoms with van der Waals surface area (Å²) in [4.78, 5) is 0. The largest absolute Gasteiger partial charge is 0.389 e. The van der Waals surface area contributed by atoms with Crippen molar-refractivity contribution in [1.29, 1.82) is 0 Å². The summed E-state index contributed by atoms with van der Waals surface area (Å²) in [5.41, 5.74) is -0.347. The van der Waals surface area contributed by atoms with Crippen LogP contribution in [0.3, 0.4) is 0 Å². The molecule has 100 valence electrons. The zero-order chi connectivity index (χ0) is 13.4. The monoisotopic (exact) mass is 316 g/mol. The van der Waals surface area contributed by atoms with Crippen molar-refractivity contribution in [3.8, 4) is 0 Å². The van der Waals surface area contributed by atoms with E-state index in [0.29, 0.717) is 30.3 Å². The lowest BCUT2D eigenvalue weighted by molar-refractivity contribution is -0.143. The molecule has 1 N–H and O–H groups in total. The molecule has 2 rings (SSSR count). The molecule has 0 amide bonds. The van der Waals surface area contributed by atoms with Crippen LogP contribution in [0, 0.1) is 5.82 Å². The van der Waals surface area contributed by atoms with Crippen LogP contribution in [-0.4, -0.2) is 22.9 Å². The highest BCUT2D eigenvalue weighted by Crippen LogP contribution is 2.36. The standard InChI is InChI=1S/C14H18BrFO2/c1-13(2)9-14(17,6-7-18-13)8-10-4-3-5-11(16)12(10)15/h3-5,17H,6-9H2,1-2H3. The number of benzene rings is 1. The third kappa shape index (κ3) is 3.11. The summed E-state index contributed by atoms with van der Waals surface area (Å²) in [7, 11) is 0. The normalized spacial score (nSPS) is 27.2. The Morgan fingerprint density at radius 2 is 2.17 bits per heavy atom. The Morgan fingerprint density at radius 1 is 1.44 bits per heavy atom. The van der Waals surface area contributed by atoms with Crippen molar-refractivity contribution >= 4 is 15.9 Å². The lowest BCUT2D eigenvalue weighted by atomic mass is 9.80. The Morgan fingerprint density at radius 3 is 2.83 bits per heavy atom. The minimum absolute atomic E-state index is 0.289. The van der Waals surface area contributed by atoms with Gasteiger partial charge in [0.05, 0.1) is 22.3 Å². The molecule has 0 bridgehead atoms. The van der Waals surface area contributed by atoms with Gasteiger partial charge in [0.2, 0.25) is 0 Å². The molecule has 1 fully saturated rings. The van der Waals surface area contributed by atoms with Crippen molar-refractivity contribution < 1.29 is 14.2 Å². The highest BCUT2D eigenvalue weighted by Gasteiger charge is 2.39. The number of halogens is 2. The van der Waals surface area contributed by atoms with E-state index in [9.17, 15) is 9.50 Å². The quantitative estimate of drug-likeness (QED) is 0.905. The molecule has 1 aromatic carbocycles. The molecule has 1 heterocycles. The van der Waals surface area contributed by atoms with E-state index >= 15 is 0 Å². The van der Waals surface area contributed by atoms with Crippen LogP contribution in [0.4, 0.5) is 4.39 Å². The van der Waals surface area contributed by atoms with Crippen molar-refractivity contribution in [3.05, 3.63) is 34.1 Å². The van der Waals surface area contributed by atoms with E-state index in [1.165, 1.54) is 6.07 Å². The van der Waals surface area contributed by atoms with Crippen molar-refractivity contribution in [3.63, 3.8) is 0 Å². The molecule has 2 nitrogen and oxygen atoms in total. The second kappa shape index (κ2) is 4.91. The summed E-state index contributed by atoms with van der Waals surface area (Å²) in [6, 6.07) is 4.92. The average Bonchev–Trinajstić information content (AvgIpc) is 2.22. The average molecular weight is 317 g/mol. The summed E-state index contributed by atoms with van der Waals surface area (Å²) in [6.45, 7) is 4.48. The van der Waals surface area contributed by atoms with Gasteiger partial charge in [0.15, 0.2) is 0 Å². The summed E-state index contributed by atoms with van der Waals surface area (Å²) < 4.78 is 19.5. The molecule has 1 aliphatic rings. The van der Waals surface area contributed by atoms with Gasteiger partial charge < -0.3 is 9.84 Å². The first-order valence-electron chi connectivity index (χ1n) is 6.11. The lowest BCUT2D eigenvalue weighted by Crippen LogP contribution is -2.47. The summed E-state index contributed by atoms with van der Waals surface area (Å²) in [5, 5.41) is 10.7. The van der Waals surface area contributed by atoms with E-state index < -0.39 is 5.60 Å². The molecule has 18 heavy (non-hydrogen) atoms. The third-order valence-electron chi connectivity index (χ3n) is 3.37. The van der Waals surface area contributed by atoms with Gasteiger partial charge in [-0.05, 0) is 47.8 Å². The molecular weight excluding hydrogens is 299 g/mol. The first kappa shape index (κ1) is 14.0. The van der Waals surface area contributed by atoms with Gasteiger partial charge in [-0.2, -0.15) is 0 Å². The van der Waals surface area contributed by atoms with Gasteiger partial charge in [-0.1, -0.05) is 12.1 Å². The number of ether oxygens (including phenoxy) is 1. The van der Waals surface area contributed by atoms with Crippen molar-refractivity contribution in [1.82, 2.24) is 0 Å². The van der Waals surface area contributed by atoms with Crippen LogP contribution in [-0.2, 0) is 11.2 Å². The number of hydrogen-bond donors (Lipinski definition) is 1. The van der Waals surface area contributed by atoms with E-state index in [1.54, 1.807) is 6.07 Å². The summed E-state index contributed by atoms with van der Waals surface area (Å²) >= 11 is 3.24. The second-order valence-corrected chi connectivity index (χ2v) is 6.44. The topological polar surface area (TPSA) is 29.5 Å². The molecule has 1 saturated heterocycles. The van der Waals surface area contributed by atoms with Gasteiger partial charge in [-0.3, -0.25) is 0 Å². The van der Waals surface area contributed by atoms with E-state index in [1.807, 2.05) is 19.9 Å². The molecule has 0 saturated carbocycles. The van der Waals surface area contributed by atoms with Crippen molar-refractivity contribution in [2.45, 2.75) is 44.3 Å². The van der Waals surface area contributed by atoms with Gasteiger partial charge in [-0.15, -0.1) is 0 Å². The maximum Gasteiger partial charge on any atom is 0.137 e. The number of aliphatic hydroxyl groups is 1. The number of hydrogen-bond acceptors (Lipinski definition) is 2. The van der Waals surface area contributed by atoms with Gasteiger partial charge in [-0.25, -0.2) is 4.39 Å². The molecule has 1 aliphatic heterocycles. The van der Waals surface area contributed by atoms with Crippen LogP contribution in [0.15, 0.2) is 22.7 Å². The molecule has 0 aliphatic carbocycles. The number of rotatable bonds is 2. The van der Waals surface area contributed by atoms with Crippen LogP contribution < -0.4 is 0 Å². The predicted molar refractivity (Wildman–Crippen MR) is 72.0 cm³/mol. The zero-order valence-corrected chi connectivity index (χ0v) is 12.3. The Bertz CT molecular complexity index is 447. The minimum Gasteiger partial charge on any atom is -0.389 e. The molecule has 0 radical (unpaired) electrons. The first-order valence-corrected chi connectivity index (χ1v) is 6.90. The highest BCUT2D eigenvalue weighted by molar-refractivity contribution is 9.10. The zero-order valence-electron chi connectivity index (χ0n) is 10.7. The van der Waals surface area contributed by atoms with Crippen molar-refractivity contribution in [2.75, 3.05) is 6.61 Å². The molecule has 0 spiro atoms. The second-order valence-electron chi connectivity index (χ2n) is 5.65. The highest BCUT2D eigenvalue weighted by atomic mass is 79.9. The molecule has 1 unspecified atom stereocenters. The fourth-order valence-corrected chi connectivity index (χ4v) is 3.04. The minimum atomic E-state index is -0.821. The Hall–Kier alpha value is -0.450. The van der Waals surface area contributed by atoms with Gasteiger partial charge in [0.1, 0.15) is 5.82 Å². The first-order chi connectivity index (χ1) is 8.31. The lowest BCUT2D eigenvalue weighted by Gasteiger charge is -2.41. The van der Waals surface area contributed by atoms with E-state index in [0.717, 1.165) is 5.56 Å². The van der Waals surface area contributed by atoms with Crippen LogP contribution in [0.25, 0.3) is 0 Å². The maximum absolute atomic E-state index is 13.5. The van der Waals surface area contributed by atoms with E-state index in [4.69, 9.17) is 4.74 Å². The molecule has 1 aromatic rings. The summed E-state index contributed by atoms with van der Waals surface area (Å²) in [5.74, 6) is -0.289. The van der Waals surface area contributed by atoms with Gasteiger partial charge in [0.25, 0.3) is 0 Å². The summed E-state index contributed by atoms with van der Waals surface area (Å²) in [6.07, 6.45) is 1.58. The van der Waals surface area contributed by atoms with Crippen molar-refractivity contribution in [2.24, 2.45) is 0 Å². The SMILES string of the molecule is CC1(C)CC(O)(Cc2cccc(F)c2Br)CCO1. The molecule has 0 aromatic heterocycles. The fraction of sp³-hybridized carbons (Fsp3) is 0.571. The molecular formula is C14H18BrFO2. The Kier molecular flexibility index (Phi) is 3.81.